The number of anilines is 1. The number of hydrogen-bond acceptors (Lipinski definition) is 6. The Bertz CT molecular complexity index is 378. The van der Waals surface area contributed by atoms with Gasteiger partial charge in [0.25, 0.3) is 6.01 Å². The van der Waals surface area contributed by atoms with Crippen LogP contribution in [0.25, 0.3) is 0 Å². The van der Waals surface area contributed by atoms with Gasteiger partial charge in [0.15, 0.2) is 5.69 Å². The molecular formula is C9H12N2O5. The van der Waals surface area contributed by atoms with Crippen LogP contribution >= 0.6 is 0 Å². The normalized spacial score (nSPS) is 21.8. The number of rotatable bonds is 2. The molecule has 1 atom stereocenters. The van der Waals surface area contributed by atoms with E-state index in [0.29, 0.717) is 19.7 Å². The third-order valence-electron chi connectivity index (χ3n) is 2.23. The zero-order valence-corrected chi connectivity index (χ0v) is 8.50. The van der Waals surface area contributed by atoms with Crippen LogP contribution in [-0.4, -0.2) is 53.6 Å². The molecule has 16 heavy (non-hydrogen) atoms. The molecule has 0 amide bonds. The fraction of sp³-hybridized carbons (Fsp3) is 0.556. The molecule has 1 unspecified atom stereocenters. The lowest BCUT2D eigenvalue weighted by molar-refractivity contribution is 0.0596. The maximum atomic E-state index is 10.6. The molecule has 1 saturated heterocycles. The van der Waals surface area contributed by atoms with E-state index >= 15 is 0 Å². The molecule has 1 fully saturated rings. The highest BCUT2D eigenvalue weighted by molar-refractivity contribution is 5.85. The summed E-state index contributed by atoms with van der Waals surface area (Å²) in [6, 6.07) is 0.196. The van der Waals surface area contributed by atoms with Gasteiger partial charge in [-0.2, -0.15) is 4.98 Å². The summed E-state index contributed by atoms with van der Waals surface area (Å²) in [6.45, 7) is 1.54. The average Bonchev–Trinajstić information content (AvgIpc) is 2.63. The molecule has 1 aromatic rings. The predicted molar refractivity (Wildman–Crippen MR) is 52.5 cm³/mol. The first kappa shape index (κ1) is 10.9. The summed E-state index contributed by atoms with van der Waals surface area (Å²) in [5, 5.41) is 18.2. The SMILES string of the molecule is O=C(O)c1coc(N2CCOCC(O)C2)n1. The number of aliphatic hydroxyl groups is 1. The number of nitrogens with zero attached hydrogens (tertiary/aromatic N) is 2. The summed E-state index contributed by atoms with van der Waals surface area (Å²) in [4.78, 5) is 16.1. The standard InChI is InChI=1S/C9H12N2O5/c12-6-3-11(1-2-15-4-6)9-10-7(5-16-9)8(13)14/h5-6,12H,1-4H2,(H,13,14). The van der Waals surface area contributed by atoms with Crippen molar-refractivity contribution in [2.45, 2.75) is 6.10 Å². The first-order valence-electron chi connectivity index (χ1n) is 4.86. The van der Waals surface area contributed by atoms with Gasteiger partial charge in [0.1, 0.15) is 6.26 Å². The van der Waals surface area contributed by atoms with Gasteiger partial charge in [-0.05, 0) is 0 Å². The van der Waals surface area contributed by atoms with E-state index in [1.807, 2.05) is 0 Å². The summed E-state index contributed by atoms with van der Waals surface area (Å²) in [5.74, 6) is -1.14. The third-order valence-corrected chi connectivity index (χ3v) is 2.23. The van der Waals surface area contributed by atoms with Crippen molar-refractivity contribution in [3.05, 3.63) is 12.0 Å². The monoisotopic (exact) mass is 228 g/mol. The second-order valence-electron chi connectivity index (χ2n) is 3.50. The Balaban J connectivity index is 2.12. The molecule has 0 radical (unpaired) electrons. The Hall–Kier alpha value is -1.60. The quantitative estimate of drug-likeness (QED) is 0.709. The zero-order chi connectivity index (χ0) is 11.5. The second kappa shape index (κ2) is 4.50. The molecule has 0 spiro atoms. The van der Waals surface area contributed by atoms with Gasteiger partial charge in [0, 0.05) is 6.54 Å². The minimum Gasteiger partial charge on any atom is -0.476 e. The molecule has 88 valence electrons. The number of aromatic nitrogens is 1. The van der Waals surface area contributed by atoms with E-state index in [2.05, 4.69) is 4.98 Å². The number of ether oxygens (including phenoxy) is 1. The second-order valence-corrected chi connectivity index (χ2v) is 3.50. The van der Waals surface area contributed by atoms with Gasteiger partial charge in [-0.1, -0.05) is 0 Å². The van der Waals surface area contributed by atoms with Gasteiger partial charge < -0.3 is 24.3 Å². The van der Waals surface area contributed by atoms with Crippen molar-refractivity contribution < 1.29 is 24.2 Å². The van der Waals surface area contributed by atoms with E-state index in [4.69, 9.17) is 14.3 Å². The van der Waals surface area contributed by atoms with Crippen LogP contribution in [0.2, 0.25) is 0 Å². The number of aliphatic hydroxyl groups excluding tert-OH is 1. The Morgan fingerprint density at radius 1 is 1.62 bits per heavy atom. The maximum absolute atomic E-state index is 10.6. The molecule has 2 rings (SSSR count). The van der Waals surface area contributed by atoms with Crippen LogP contribution in [-0.2, 0) is 4.74 Å². The van der Waals surface area contributed by atoms with Gasteiger partial charge in [0.05, 0.1) is 25.9 Å². The lowest BCUT2D eigenvalue weighted by Crippen LogP contribution is -2.32. The molecule has 1 aliphatic heterocycles. The molecule has 7 heteroatoms. The largest absolute Gasteiger partial charge is 0.476 e. The molecule has 2 N–H and O–H groups in total. The molecule has 0 saturated carbocycles. The van der Waals surface area contributed by atoms with Gasteiger partial charge in [0.2, 0.25) is 0 Å². The van der Waals surface area contributed by atoms with Crippen LogP contribution in [0.3, 0.4) is 0 Å². The van der Waals surface area contributed by atoms with Gasteiger partial charge >= 0.3 is 5.97 Å². The average molecular weight is 228 g/mol. The number of β-amino-alcohol motifs (C(OH)–C–C–N with tert-alkyl or cyclic N) is 1. The lowest BCUT2D eigenvalue weighted by Gasteiger charge is -2.18. The number of aromatic carboxylic acids is 1. The van der Waals surface area contributed by atoms with Crippen molar-refractivity contribution in [3.8, 4) is 0 Å². The lowest BCUT2D eigenvalue weighted by atomic mass is 10.3. The van der Waals surface area contributed by atoms with E-state index in [0.717, 1.165) is 6.26 Å². The van der Waals surface area contributed by atoms with Crippen molar-refractivity contribution in [2.75, 3.05) is 31.2 Å². The van der Waals surface area contributed by atoms with Gasteiger partial charge in [-0.25, -0.2) is 4.79 Å². The fourth-order valence-electron chi connectivity index (χ4n) is 1.47. The first-order chi connectivity index (χ1) is 7.66. The topological polar surface area (TPSA) is 96.0 Å². The van der Waals surface area contributed by atoms with Gasteiger partial charge in [-0.3, -0.25) is 0 Å². The highest BCUT2D eigenvalue weighted by Crippen LogP contribution is 2.15. The van der Waals surface area contributed by atoms with E-state index in [1.54, 1.807) is 4.90 Å². The molecule has 0 aromatic carbocycles. The van der Waals surface area contributed by atoms with E-state index in [1.165, 1.54) is 0 Å². The number of carbonyl (C=O) groups is 1. The van der Waals surface area contributed by atoms with Gasteiger partial charge in [-0.15, -0.1) is 0 Å². The number of carboxylic acid groups (broad SMARTS) is 1. The fourth-order valence-corrected chi connectivity index (χ4v) is 1.47. The van der Waals surface area contributed by atoms with Crippen LogP contribution in [0, 0.1) is 0 Å². The summed E-state index contributed by atoms with van der Waals surface area (Å²) < 4.78 is 10.2. The molecular weight excluding hydrogens is 216 g/mol. The van der Waals surface area contributed by atoms with Crippen molar-refractivity contribution in [3.63, 3.8) is 0 Å². The predicted octanol–water partition coefficient (Wildman–Crippen LogP) is -0.430. The van der Waals surface area contributed by atoms with Crippen LogP contribution in [0.4, 0.5) is 6.01 Å². The number of oxazole rings is 1. The molecule has 0 aliphatic carbocycles. The van der Waals surface area contributed by atoms with Crippen LogP contribution in [0.5, 0.6) is 0 Å². The van der Waals surface area contributed by atoms with Crippen molar-refractivity contribution >= 4 is 12.0 Å². The van der Waals surface area contributed by atoms with Crippen LogP contribution in [0.15, 0.2) is 10.7 Å². The zero-order valence-electron chi connectivity index (χ0n) is 8.50. The molecule has 7 nitrogen and oxygen atoms in total. The van der Waals surface area contributed by atoms with E-state index in [9.17, 15) is 9.90 Å². The minimum atomic E-state index is -1.14. The van der Waals surface area contributed by atoms with Crippen LogP contribution < -0.4 is 4.90 Å². The van der Waals surface area contributed by atoms with Crippen molar-refractivity contribution in [2.24, 2.45) is 0 Å². The van der Waals surface area contributed by atoms with Crippen molar-refractivity contribution in [1.82, 2.24) is 4.98 Å². The van der Waals surface area contributed by atoms with E-state index < -0.39 is 12.1 Å². The third kappa shape index (κ3) is 2.31. The minimum absolute atomic E-state index is 0.144. The summed E-state index contributed by atoms with van der Waals surface area (Å²) in [7, 11) is 0. The smallest absolute Gasteiger partial charge is 0.357 e. The van der Waals surface area contributed by atoms with Crippen LogP contribution in [0.1, 0.15) is 10.5 Å². The van der Waals surface area contributed by atoms with Crippen molar-refractivity contribution in [1.29, 1.82) is 0 Å². The highest BCUT2D eigenvalue weighted by Gasteiger charge is 2.21. The summed E-state index contributed by atoms with van der Waals surface area (Å²) in [6.07, 6.45) is 0.457. The summed E-state index contributed by atoms with van der Waals surface area (Å²) in [5.41, 5.74) is -0.144. The Morgan fingerprint density at radius 3 is 3.12 bits per heavy atom. The Kier molecular flexibility index (Phi) is 3.07. The molecule has 1 aromatic heterocycles. The van der Waals surface area contributed by atoms with E-state index in [-0.39, 0.29) is 18.3 Å². The molecule has 0 bridgehead atoms. The number of carboxylic acids is 1. The maximum Gasteiger partial charge on any atom is 0.357 e. The molecule has 2 heterocycles. The Labute approximate surface area is 91.3 Å². The molecule has 1 aliphatic rings. The first-order valence-corrected chi connectivity index (χ1v) is 4.86. The summed E-state index contributed by atoms with van der Waals surface area (Å²) >= 11 is 0. The highest BCUT2D eigenvalue weighted by atomic mass is 16.5. The Morgan fingerprint density at radius 2 is 2.44 bits per heavy atom. The number of hydrogen-bond donors (Lipinski definition) is 2.